The van der Waals surface area contributed by atoms with E-state index in [0.717, 1.165) is 24.7 Å². The number of carbonyl (C=O) groups excluding carboxylic acids is 2. The van der Waals surface area contributed by atoms with Crippen LogP contribution in [0.4, 0.5) is 0 Å². The Morgan fingerprint density at radius 2 is 0.967 bits per heavy atom. The quantitative estimate of drug-likeness (QED) is 0.650. The minimum absolute atomic E-state index is 0.333. The van der Waals surface area contributed by atoms with Gasteiger partial charge in [0.1, 0.15) is 12.2 Å². The van der Waals surface area contributed by atoms with Crippen molar-refractivity contribution < 1.29 is 19.1 Å². The number of hydrogen-bond acceptors (Lipinski definition) is 4. The van der Waals surface area contributed by atoms with Crippen LogP contribution in [0.3, 0.4) is 0 Å². The Balaban J connectivity index is 1.36. The van der Waals surface area contributed by atoms with Crippen LogP contribution in [0.15, 0.2) is 60.7 Å². The predicted octanol–water partition coefficient (Wildman–Crippen LogP) is 5.28. The van der Waals surface area contributed by atoms with Crippen molar-refractivity contribution in [1.82, 2.24) is 0 Å². The van der Waals surface area contributed by atoms with Gasteiger partial charge >= 0.3 is 11.9 Å². The molecular formula is C26H28O4. The summed E-state index contributed by atoms with van der Waals surface area (Å²) < 4.78 is 11.9. The van der Waals surface area contributed by atoms with E-state index in [9.17, 15) is 9.59 Å². The number of benzene rings is 2. The molecule has 4 atom stereocenters. The second kappa shape index (κ2) is 8.25. The molecule has 2 aromatic carbocycles. The lowest BCUT2D eigenvalue weighted by Gasteiger charge is -2.53. The van der Waals surface area contributed by atoms with Gasteiger partial charge < -0.3 is 9.47 Å². The normalized spacial score (nSPS) is 32.1. The zero-order chi connectivity index (χ0) is 20.5. The standard InChI is InChI=1S/C26H28O4/c27-25(19-7-3-1-4-8-19)29-23-15-21-17-11-13-18(14-12-17)22(21)16-24(23)30-26(28)20-9-5-2-6-10-20/h1-10,17-18,21-24H,11-16H2. The van der Waals surface area contributed by atoms with Crippen molar-refractivity contribution in [1.29, 1.82) is 0 Å². The third-order valence-corrected chi connectivity index (χ3v) is 7.54. The molecule has 0 aliphatic heterocycles. The van der Waals surface area contributed by atoms with E-state index in [1.54, 1.807) is 24.3 Å². The van der Waals surface area contributed by atoms with Crippen molar-refractivity contribution in [3.8, 4) is 0 Å². The molecule has 156 valence electrons. The van der Waals surface area contributed by atoms with Crippen LogP contribution in [0.2, 0.25) is 0 Å². The molecule has 0 radical (unpaired) electrons. The van der Waals surface area contributed by atoms with E-state index >= 15 is 0 Å². The third kappa shape index (κ3) is 3.76. The highest BCUT2D eigenvalue weighted by atomic mass is 16.6. The van der Waals surface area contributed by atoms with Gasteiger partial charge in [0, 0.05) is 0 Å². The molecule has 4 aliphatic carbocycles. The second-order valence-corrected chi connectivity index (χ2v) is 9.09. The molecule has 0 spiro atoms. The Bertz CT molecular complexity index is 810. The second-order valence-electron chi connectivity index (χ2n) is 9.09. The van der Waals surface area contributed by atoms with E-state index in [-0.39, 0.29) is 24.1 Å². The molecule has 2 bridgehead atoms. The summed E-state index contributed by atoms with van der Waals surface area (Å²) in [6.45, 7) is 0. The van der Waals surface area contributed by atoms with E-state index in [2.05, 4.69) is 0 Å². The largest absolute Gasteiger partial charge is 0.455 e. The lowest BCUT2D eigenvalue weighted by atomic mass is 9.54. The van der Waals surface area contributed by atoms with Crippen molar-refractivity contribution in [3.63, 3.8) is 0 Å². The summed E-state index contributed by atoms with van der Waals surface area (Å²) in [5.74, 6) is 1.95. The van der Waals surface area contributed by atoms with Gasteiger partial charge in [0.15, 0.2) is 0 Å². The van der Waals surface area contributed by atoms with Gasteiger partial charge in [-0.25, -0.2) is 9.59 Å². The van der Waals surface area contributed by atoms with Gasteiger partial charge in [-0.05, 0) is 86.5 Å². The number of hydrogen-bond donors (Lipinski definition) is 0. The molecule has 0 heterocycles. The van der Waals surface area contributed by atoms with E-state index in [4.69, 9.17) is 9.47 Å². The first kappa shape index (κ1) is 19.3. The maximum Gasteiger partial charge on any atom is 0.338 e. The molecule has 0 amide bonds. The van der Waals surface area contributed by atoms with Crippen LogP contribution in [-0.4, -0.2) is 24.1 Å². The summed E-state index contributed by atoms with van der Waals surface area (Å²) in [5.41, 5.74) is 1.08. The van der Waals surface area contributed by atoms with E-state index < -0.39 is 0 Å². The van der Waals surface area contributed by atoms with E-state index in [1.165, 1.54) is 25.7 Å². The summed E-state index contributed by atoms with van der Waals surface area (Å²) in [5, 5.41) is 0. The summed E-state index contributed by atoms with van der Waals surface area (Å²) in [7, 11) is 0. The molecule has 4 fully saturated rings. The lowest BCUT2D eigenvalue weighted by Crippen LogP contribution is -2.51. The van der Waals surface area contributed by atoms with Crippen LogP contribution in [0.25, 0.3) is 0 Å². The topological polar surface area (TPSA) is 52.6 Å². The SMILES string of the molecule is O=C(OC1CC2C3CCC(CC3)C2CC1OC(=O)c1ccccc1)c1ccccc1. The summed E-state index contributed by atoms with van der Waals surface area (Å²) in [6, 6.07) is 18.2. The van der Waals surface area contributed by atoms with E-state index in [1.807, 2.05) is 36.4 Å². The Labute approximate surface area is 177 Å². The number of rotatable bonds is 4. The van der Waals surface area contributed by atoms with Gasteiger partial charge in [-0.1, -0.05) is 36.4 Å². The minimum atomic E-state index is -0.383. The molecule has 0 N–H and O–H groups in total. The Morgan fingerprint density at radius 3 is 1.33 bits per heavy atom. The highest BCUT2D eigenvalue weighted by molar-refractivity contribution is 5.90. The molecule has 0 saturated heterocycles. The highest BCUT2D eigenvalue weighted by Crippen LogP contribution is 2.55. The molecule has 4 nitrogen and oxygen atoms in total. The maximum atomic E-state index is 12.8. The lowest BCUT2D eigenvalue weighted by molar-refractivity contribution is -0.116. The fourth-order valence-electron chi connectivity index (χ4n) is 6.08. The first-order valence-corrected chi connectivity index (χ1v) is 11.2. The first-order chi connectivity index (χ1) is 14.7. The van der Waals surface area contributed by atoms with Crippen LogP contribution in [0.5, 0.6) is 0 Å². The van der Waals surface area contributed by atoms with Crippen molar-refractivity contribution in [2.24, 2.45) is 23.7 Å². The number of esters is 2. The molecule has 0 aromatic heterocycles. The third-order valence-electron chi connectivity index (χ3n) is 7.54. The highest BCUT2D eigenvalue weighted by Gasteiger charge is 2.51. The average Bonchev–Trinajstić information content (AvgIpc) is 2.81. The van der Waals surface area contributed by atoms with Gasteiger partial charge in [-0.3, -0.25) is 0 Å². The first-order valence-electron chi connectivity index (χ1n) is 11.2. The summed E-state index contributed by atoms with van der Waals surface area (Å²) in [6.07, 6.45) is 6.00. The number of fused-ring (bicyclic) bond motifs is 2. The number of carbonyl (C=O) groups is 2. The fourth-order valence-corrected chi connectivity index (χ4v) is 6.08. The molecule has 4 heteroatoms. The molecule has 4 saturated carbocycles. The Morgan fingerprint density at radius 1 is 0.600 bits per heavy atom. The smallest absolute Gasteiger partial charge is 0.338 e. The summed E-state index contributed by atoms with van der Waals surface area (Å²) in [4.78, 5) is 25.5. The van der Waals surface area contributed by atoms with E-state index in [0.29, 0.717) is 23.0 Å². The van der Waals surface area contributed by atoms with Crippen molar-refractivity contribution >= 4 is 11.9 Å². The molecule has 4 aliphatic rings. The monoisotopic (exact) mass is 404 g/mol. The molecule has 2 aromatic rings. The van der Waals surface area contributed by atoms with Crippen LogP contribution in [0, 0.1) is 23.7 Å². The zero-order valence-electron chi connectivity index (χ0n) is 17.1. The van der Waals surface area contributed by atoms with Crippen LogP contribution < -0.4 is 0 Å². The van der Waals surface area contributed by atoms with Crippen molar-refractivity contribution in [2.75, 3.05) is 0 Å². The predicted molar refractivity (Wildman–Crippen MR) is 113 cm³/mol. The Hall–Kier alpha value is -2.62. The van der Waals surface area contributed by atoms with Crippen molar-refractivity contribution in [3.05, 3.63) is 71.8 Å². The van der Waals surface area contributed by atoms with Crippen molar-refractivity contribution in [2.45, 2.75) is 50.7 Å². The van der Waals surface area contributed by atoms with Gasteiger partial charge in [0.05, 0.1) is 11.1 Å². The van der Waals surface area contributed by atoms with Gasteiger partial charge in [0.25, 0.3) is 0 Å². The molecule has 4 unspecified atom stereocenters. The average molecular weight is 405 g/mol. The zero-order valence-corrected chi connectivity index (χ0v) is 17.1. The molecule has 6 rings (SSSR count). The maximum absolute atomic E-state index is 12.8. The minimum Gasteiger partial charge on any atom is -0.455 e. The summed E-state index contributed by atoms with van der Waals surface area (Å²) >= 11 is 0. The van der Waals surface area contributed by atoms with Crippen LogP contribution in [0.1, 0.15) is 59.2 Å². The van der Waals surface area contributed by atoms with Gasteiger partial charge in [0.2, 0.25) is 0 Å². The Kier molecular flexibility index (Phi) is 5.32. The molecule has 30 heavy (non-hydrogen) atoms. The fraction of sp³-hybridized carbons (Fsp3) is 0.462. The number of ether oxygens (including phenoxy) is 2. The van der Waals surface area contributed by atoms with Gasteiger partial charge in [-0.2, -0.15) is 0 Å². The molecular weight excluding hydrogens is 376 g/mol. The van der Waals surface area contributed by atoms with Gasteiger partial charge in [-0.15, -0.1) is 0 Å². The van der Waals surface area contributed by atoms with Crippen LogP contribution >= 0.6 is 0 Å². The van der Waals surface area contributed by atoms with Crippen LogP contribution in [-0.2, 0) is 9.47 Å².